The van der Waals surface area contributed by atoms with Gasteiger partial charge in [-0.2, -0.15) is 13.2 Å². The minimum absolute atomic E-state index is 0.0694. The molecular formula is C20H19F6NO4. The van der Waals surface area contributed by atoms with Crippen LogP contribution in [0, 0.1) is 0 Å². The Morgan fingerprint density at radius 3 is 2.35 bits per heavy atom. The Hall–Kier alpha value is -2.95. The van der Waals surface area contributed by atoms with Crippen molar-refractivity contribution in [3.8, 4) is 5.75 Å². The number of hydrogen-bond donors (Lipinski definition) is 1. The fraction of sp³-hybridized carbons (Fsp3) is 0.350. The molecule has 1 atom stereocenters. The van der Waals surface area contributed by atoms with Crippen LogP contribution in [0.15, 0.2) is 48.5 Å². The maximum Gasteiger partial charge on any atom is 0.573 e. The maximum atomic E-state index is 12.9. The third kappa shape index (κ3) is 7.67. The molecule has 0 fully saturated rings. The number of anilines is 1. The molecule has 0 amide bonds. The van der Waals surface area contributed by atoms with Crippen LogP contribution < -0.4 is 9.64 Å². The first-order valence-corrected chi connectivity index (χ1v) is 9.00. The van der Waals surface area contributed by atoms with Crippen LogP contribution in [-0.4, -0.2) is 42.9 Å². The maximum absolute atomic E-state index is 12.9. The molecule has 0 spiro atoms. The molecule has 2 aromatic carbocycles. The molecule has 0 heterocycles. The molecule has 0 aliphatic heterocycles. The van der Waals surface area contributed by atoms with E-state index < -0.39 is 36.9 Å². The van der Waals surface area contributed by atoms with E-state index in [2.05, 4.69) is 4.74 Å². The highest BCUT2D eigenvalue weighted by Crippen LogP contribution is 2.27. The number of halogens is 6. The lowest BCUT2D eigenvalue weighted by Gasteiger charge is -2.29. The van der Waals surface area contributed by atoms with Gasteiger partial charge in [0, 0.05) is 12.2 Å². The summed E-state index contributed by atoms with van der Waals surface area (Å²) in [5, 5.41) is 9.53. The molecule has 0 bridgehead atoms. The van der Waals surface area contributed by atoms with Crippen molar-refractivity contribution in [1.29, 1.82) is 0 Å². The summed E-state index contributed by atoms with van der Waals surface area (Å²) in [6.07, 6.45) is -12.6. The van der Waals surface area contributed by atoms with Gasteiger partial charge in [0.05, 0.1) is 18.7 Å². The third-order valence-corrected chi connectivity index (χ3v) is 4.00. The second-order valence-electron chi connectivity index (χ2n) is 6.40. The van der Waals surface area contributed by atoms with Crippen LogP contribution >= 0.6 is 0 Å². The summed E-state index contributed by atoms with van der Waals surface area (Å²) >= 11 is 0. The zero-order valence-corrected chi connectivity index (χ0v) is 16.2. The van der Waals surface area contributed by atoms with Crippen LogP contribution in [0.25, 0.3) is 0 Å². The van der Waals surface area contributed by atoms with Crippen LogP contribution in [0.3, 0.4) is 0 Å². The minimum atomic E-state index is -4.93. The van der Waals surface area contributed by atoms with E-state index in [-0.39, 0.29) is 30.0 Å². The third-order valence-electron chi connectivity index (χ3n) is 4.00. The molecule has 2 aromatic rings. The van der Waals surface area contributed by atoms with Crippen LogP contribution in [0.2, 0.25) is 0 Å². The Kier molecular flexibility index (Phi) is 7.77. The number of ether oxygens (including phenoxy) is 2. The lowest BCUT2D eigenvalue weighted by atomic mass is 10.1. The standard InChI is InChI=1S/C20H19F6NO4/c1-2-30-18(29)14-6-4-7-15(10-14)27(12-17(28)19(21,22)23)11-13-5-3-8-16(9-13)31-20(24,25)26/h3-10,17,28H,2,11-12H2,1H3. The molecule has 0 aromatic heterocycles. The first-order valence-electron chi connectivity index (χ1n) is 9.00. The van der Waals surface area contributed by atoms with Gasteiger partial charge >= 0.3 is 18.5 Å². The Morgan fingerprint density at radius 1 is 1.06 bits per heavy atom. The van der Waals surface area contributed by atoms with Gasteiger partial charge < -0.3 is 19.5 Å². The largest absolute Gasteiger partial charge is 0.573 e. The first-order chi connectivity index (χ1) is 14.4. The van der Waals surface area contributed by atoms with E-state index in [9.17, 15) is 36.2 Å². The Labute approximate surface area is 173 Å². The molecule has 170 valence electrons. The van der Waals surface area contributed by atoms with Gasteiger partial charge in [-0.3, -0.25) is 0 Å². The summed E-state index contributed by atoms with van der Waals surface area (Å²) in [5.41, 5.74) is 0.397. The Bertz CT molecular complexity index is 884. The second-order valence-corrected chi connectivity index (χ2v) is 6.40. The van der Waals surface area contributed by atoms with E-state index in [4.69, 9.17) is 4.74 Å². The number of benzene rings is 2. The van der Waals surface area contributed by atoms with E-state index in [0.717, 1.165) is 17.0 Å². The number of aliphatic hydroxyl groups excluding tert-OH is 1. The van der Waals surface area contributed by atoms with Gasteiger partial charge in [0.2, 0.25) is 0 Å². The predicted octanol–water partition coefficient (Wildman–Crippen LogP) is 4.69. The molecule has 0 saturated heterocycles. The van der Waals surface area contributed by atoms with E-state index in [1.54, 1.807) is 6.92 Å². The van der Waals surface area contributed by atoms with Crippen molar-refractivity contribution < 1.29 is 45.7 Å². The number of carbonyl (C=O) groups is 1. The zero-order chi connectivity index (χ0) is 23.2. The Morgan fingerprint density at radius 2 is 1.74 bits per heavy atom. The molecule has 0 saturated carbocycles. The lowest BCUT2D eigenvalue weighted by Crippen LogP contribution is -2.41. The summed E-state index contributed by atoms with van der Waals surface area (Å²) in [6, 6.07) is 10.2. The zero-order valence-electron chi connectivity index (χ0n) is 16.2. The van der Waals surface area contributed by atoms with E-state index in [1.165, 1.54) is 36.4 Å². The molecule has 2 rings (SSSR count). The fourth-order valence-corrected chi connectivity index (χ4v) is 2.68. The molecule has 0 radical (unpaired) electrons. The first kappa shape index (κ1) is 24.3. The summed E-state index contributed by atoms with van der Waals surface area (Å²) in [6.45, 7) is 0.462. The molecule has 1 N–H and O–H groups in total. The molecule has 31 heavy (non-hydrogen) atoms. The van der Waals surface area contributed by atoms with Crippen LogP contribution in [0.1, 0.15) is 22.8 Å². The monoisotopic (exact) mass is 451 g/mol. The van der Waals surface area contributed by atoms with Crippen LogP contribution in [0.5, 0.6) is 5.75 Å². The average Bonchev–Trinajstić information content (AvgIpc) is 2.66. The van der Waals surface area contributed by atoms with Crippen molar-refractivity contribution in [3.05, 3.63) is 59.7 Å². The molecule has 1 unspecified atom stereocenters. The number of carbonyl (C=O) groups excluding carboxylic acids is 1. The van der Waals surface area contributed by atoms with E-state index in [0.29, 0.717) is 0 Å². The van der Waals surface area contributed by atoms with Crippen LogP contribution in [0.4, 0.5) is 32.0 Å². The molecule has 5 nitrogen and oxygen atoms in total. The summed E-state index contributed by atoms with van der Waals surface area (Å²) < 4.78 is 84.8. The summed E-state index contributed by atoms with van der Waals surface area (Å²) in [4.78, 5) is 13.0. The van der Waals surface area contributed by atoms with Gasteiger partial charge in [-0.05, 0) is 42.8 Å². The topological polar surface area (TPSA) is 59.0 Å². The molecular weight excluding hydrogens is 432 g/mol. The van der Waals surface area contributed by atoms with Crippen molar-refractivity contribution in [3.63, 3.8) is 0 Å². The highest BCUT2D eigenvalue weighted by Gasteiger charge is 2.39. The van der Waals surface area contributed by atoms with Crippen molar-refractivity contribution in [2.24, 2.45) is 0 Å². The second kappa shape index (κ2) is 9.90. The Balaban J connectivity index is 2.35. The number of hydrogen-bond acceptors (Lipinski definition) is 5. The number of rotatable bonds is 8. The van der Waals surface area contributed by atoms with Gasteiger partial charge in [0.1, 0.15) is 5.75 Å². The van der Waals surface area contributed by atoms with Gasteiger partial charge in [0.25, 0.3) is 0 Å². The molecule has 0 aliphatic carbocycles. The summed E-state index contributed by atoms with van der Waals surface area (Å²) in [7, 11) is 0. The van der Waals surface area contributed by atoms with Gasteiger partial charge in [-0.1, -0.05) is 18.2 Å². The highest BCUT2D eigenvalue weighted by molar-refractivity contribution is 5.90. The molecule has 11 heteroatoms. The van der Waals surface area contributed by atoms with Crippen LogP contribution in [-0.2, 0) is 11.3 Å². The van der Waals surface area contributed by atoms with Crippen molar-refractivity contribution in [1.82, 2.24) is 0 Å². The van der Waals surface area contributed by atoms with E-state index >= 15 is 0 Å². The number of nitrogens with zero attached hydrogens (tertiary/aromatic N) is 1. The normalized spacial score (nSPS) is 12.9. The SMILES string of the molecule is CCOC(=O)c1cccc(N(Cc2cccc(OC(F)(F)F)c2)CC(O)C(F)(F)F)c1. The van der Waals surface area contributed by atoms with Crippen molar-refractivity contribution in [2.45, 2.75) is 32.1 Å². The van der Waals surface area contributed by atoms with Gasteiger partial charge in [-0.25, -0.2) is 4.79 Å². The van der Waals surface area contributed by atoms with E-state index in [1.807, 2.05) is 0 Å². The minimum Gasteiger partial charge on any atom is -0.462 e. The van der Waals surface area contributed by atoms with Crippen molar-refractivity contribution in [2.75, 3.05) is 18.1 Å². The average molecular weight is 451 g/mol. The lowest BCUT2D eigenvalue weighted by molar-refractivity contribution is -0.274. The van der Waals surface area contributed by atoms with Gasteiger partial charge in [0.15, 0.2) is 6.10 Å². The smallest absolute Gasteiger partial charge is 0.462 e. The quantitative estimate of drug-likeness (QED) is 0.466. The molecule has 0 aliphatic rings. The highest BCUT2D eigenvalue weighted by atomic mass is 19.4. The summed E-state index contributed by atoms with van der Waals surface area (Å²) in [5.74, 6) is -1.23. The van der Waals surface area contributed by atoms with Gasteiger partial charge in [-0.15, -0.1) is 13.2 Å². The fourth-order valence-electron chi connectivity index (χ4n) is 2.68. The number of esters is 1. The predicted molar refractivity (Wildman–Crippen MR) is 98.6 cm³/mol. The number of aliphatic hydroxyl groups is 1. The number of alkyl halides is 6. The van der Waals surface area contributed by atoms with Crippen molar-refractivity contribution >= 4 is 11.7 Å².